The van der Waals surface area contributed by atoms with Crippen molar-refractivity contribution in [2.75, 3.05) is 6.61 Å². The van der Waals surface area contributed by atoms with Gasteiger partial charge in [-0.05, 0) is 50.2 Å². The molecule has 0 heterocycles. The van der Waals surface area contributed by atoms with Gasteiger partial charge in [0.05, 0.1) is 16.7 Å². The monoisotopic (exact) mass is 314 g/mol. The molecule has 2 nitrogen and oxygen atoms in total. The lowest BCUT2D eigenvalue weighted by Crippen LogP contribution is -2.48. The van der Waals surface area contributed by atoms with E-state index in [2.05, 4.69) is 6.92 Å². The Hall–Kier alpha value is -0.640. The lowest BCUT2D eigenvalue weighted by atomic mass is 9.75. The molecule has 0 bridgehead atoms. The molecule has 21 heavy (non-hydrogen) atoms. The normalized spacial score (nSPS) is 27.6. The molecular weight excluding hydrogens is 291 g/mol. The zero-order chi connectivity index (χ0) is 15.5. The van der Waals surface area contributed by atoms with Gasteiger partial charge in [0.15, 0.2) is 0 Å². The third-order valence-corrected chi connectivity index (χ3v) is 4.90. The van der Waals surface area contributed by atoms with Gasteiger partial charge in [0, 0.05) is 13.0 Å². The number of halogens is 2. The van der Waals surface area contributed by atoms with Crippen LogP contribution in [0.4, 0.5) is 4.39 Å². The summed E-state index contributed by atoms with van der Waals surface area (Å²) in [5, 5.41) is 10.8. The summed E-state index contributed by atoms with van der Waals surface area (Å²) in [6.45, 7) is 4.72. The molecule has 0 amide bonds. The van der Waals surface area contributed by atoms with Crippen molar-refractivity contribution in [3.8, 4) is 0 Å². The molecule has 1 aromatic carbocycles. The molecule has 1 aliphatic carbocycles. The molecule has 1 saturated carbocycles. The zero-order valence-corrected chi connectivity index (χ0v) is 13.5. The Morgan fingerprint density at radius 1 is 1.43 bits per heavy atom. The Bertz CT molecular complexity index is 470. The van der Waals surface area contributed by atoms with Crippen molar-refractivity contribution >= 4 is 11.6 Å². The summed E-state index contributed by atoms with van der Waals surface area (Å²) in [5.41, 5.74) is -0.0940. The molecule has 4 heteroatoms. The van der Waals surface area contributed by atoms with Crippen molar-refractivity contribution < 1.29 is 14.2 Å². The highest BCUT2D eigenvalue weighted by Crippen LogP contribution is 2.38. The first-order chi connectivity index (χ1) is 9.98. The first kappa shape index (κ1) is 16.7. The Morgan fingerprint density at radius 3 is 2.71 bits per heavy atom. The Balaban J connectivity index is 2.15. The van der Waals surface area contributed by atoms with E-state index >= 15 is 0 Å². The van der Waals surface area contributed by atoms with Gasteiger partial charge < -0.3 is 9.84 Å². The Labute approximate surface area is 131 Å². The molecule has 0 aliphatic heterocycles. The summed E-state index contributed by atoms with van der Waals surface area (Å²) in [5.74, 6) is 0.225. The fourth-order valence-electron chi connectivity index (χ4n) is 3.21. The summed E-state index contributed by atoms with van der Waals surface area (Å²) >= 11 is 5.81. The van der Waals surface area contributed by atoms with Crippen molar-refractivity contribution in [1.82, 2.24) is 0 Å². The minimum atomic E-state index is -0.710. The largest absolute Gasteiger partial charge is 0.390 e. The van der Waals surface area contributed by atoms with Crippen molar-refractivity contribution in [3.05, 3.63) is 34.6 Å². The van der Waals surface area contributed by atoms with Gasteiger partial charge in [-0.2, -0.15) is 0 Å². The maximum absolute atomic E-state index is 14.0. The number of aliphatic hydroxyl groups excluding tert-OH is 1. The predicted octanol–water partition coefficient (Wildman–Crippen LogP) is 4.37. The smallest absolute Gasteiger partial charge is 0.145 e. The molecule has 0 radical (unpaired) electrons. The topological polar surface area (TPSA) is 29.5 Å². The van der Waals surface area contributed by atoms with Crippen LogP contribution in [0.5, 0.6) is 0 Å². The van der Waals surface area contributed by atoms with Gasteiger partial charge in [0.1, 0.15) is 5.82 Å². The molecule has 1 N–H and O–H groups in total. The highest BCUT2D eigenvalue weighted by molar-refractivity contribution is 6.30. The fourth-order valence-corrected chi connectivity index (χ4v) is 3.41. The van der Waals surface area contributed by atoms with Crippen LogP contribution in [0.3, 0.4) is 0 Å². The van der Waals surface area contributed by atoms with Crippen LogP contribution in [0.15, 0.2) is 18.2 Å². The summed E-state index contributed by atoms with van der Waals surface area (Å²) in [6.07, 6.45) is 3.25. The van der Waals surface area contributed by atoms with Crippen LogP contribution >= 0.6 is 11.6 Å². The van der Waals surface area contributed by atoms with Crippen molar-refractivity contribution in [2.45, 2.75) is 57.7 Å². The lowest BCUT2D eigenvalue weighted by molar-refractivity contribution is -0.143. The van der Waals surface area contributed by atoms with Crippen molar-refractivity contribution in [1.29, 1.82) is 0 Å². The maximum Gasteiger partial charge on any atom is 0.145 e. The quantitative estimate of drug-likeness (QED) is 0.874. The third kappa shape index (κ3) is 3.77. The molecule has 2 rings (SSSR count). The highest BCUT2D eigenvalue weighted by Gasteiger charge is 2.41. The van der Waals surface area contributed by atoms with E-state index in [0.29, 0.717) is 18.1 Å². The van der Waals surface area contributed by atoms with E-state index in [9.17, 15) is 9.50 Å². The second-order valence-electron chi connectivity index (χ2n) is 6.11. The van der Waals surface area contributed by atoms with E-state index in [-0.39, 0.29) is 11.4 Å². The van der Waals surface area contributed by atoms with Gasteiger partial charge in [0.2, 0.25) is 0 Å². The van der Waals surface area contributed by atoms with Gasteiger partial charge in [-0.1, -0.05) is 30.7 Å². The van der Waals surface area contributed by atoms with E-state index in [1.807, 2.05) is 6.92 Å². The first-order valence-electron chi connectivity index (χ1n) is 7.73. The predicted molar refractivity (Wildman–Crippen MR) is 83.1 cm³/mol. The number of benzene rings is 1. The number of aliphatic hydroxyl groups is 1. The molecule has 1 atom stereocenters. The first-order valence-corrected chi connectivity index (χ1v) is 8.11. The average molecular weight is 315 g/mol. The SMILES string of the molecule is CCOC1(C(O)Cc2cccc(Cl)c2F)CCC(C)CC1. The van der Waals surface area contributed by atoms with Crippen LogP contribution < -0.4 is 0 Å². The maximum atomic E-state index is 14.0. The van der Waals surface area contributed by atoms with Crippen LogP contribution in [-0.2, 0) is 11.2 Å². The number of rotatable bonds is 5. The summed E-state index contributed by atoms with van der Waals surface area (Å²) in [4.78, 5) is 0. The fraction of sp³-hybridized carbons (Fsp3) is 0.647. The van der Waals surface area contributed by atoms with Crippen LogP contribution in [0.25, 0.3) is 0 Å². The molecule has 0 saturated heterocycles. The van der Waals surface area contributed by atoms with Gasteiger partial charge in [-0.25, -0.2) is 4.39 Å². The van der Waals surface area contributed by atoms with E-state index < -0.39 is 17.5 Å². The van der Waals surface area contributed by atoms with Gasteiger partial charge >= 0.3 is 0 Å². The molecule has 118 valence electrons. The molecule has 0 spiro atoms. The third-order valence-electron chi connectivity index (χ3n) is 4.60. The summed E-state index contributed by atoms with van der Waals surface area (Å²) < 4.78 is 19.9. The molecule has 1 fully saturated rings. The Kier molecular flexibility index (Phi) is 5.64. The summed E-state index contributed by atoms with van der Waals surface area (Å²) in [6, 6.07) is 4.91. The molecule has 0 aromatic heterocycles. The highest BCUT2D eigenvalue weighted by atomic mass is 35.5. The molecular formula is C17H24ClFO2. The van der Waals surface area contributed by atoms with Crippen LogP contribution in [0.1, 0.15) is 45.1 Å². The zero-order valence-electron chi connectivity index (χ0n) is 12.7. The minimum absolute atomic E-state index is 0.0995. The standard InChI is InChI=1S/C17H24ClFO2/c1-3-21-17(9-7-12(2)8-10-17)15(20)11-13-5-4-6-14(18)16(13)19/h4-6,12,15,20H,3,7-11H2,1-2H3. The average Bonchev–Trinajstić information content (AvgIpc) is 2.46. The van der Waals surface area contributed by atoms with Gasteiger partial charge in [-0.3, -0.25) is 0 Å². The minimum Gasteiger partial charge on any atom is -0.390 e. The second-order valence-corrected chi connectivity index (χ2v) is 6.52. The number of hydrogen-bond acceptors (Lipinski definition) is 2. The van der Waals surface area contributed by atoms with E-state index in [0.717, 1.165) is 25.7 Å². The van der Waals surface area contributed by atoms with E-state index in [1.54, 1.807) is 12.1 Å². The van der Waals surface area contributed by atoms with E-state index in [1.165, 1.54) is 6.07 Å². The van der Waals surface area contributed by atoms with Gasteiger partial charge in [-0.15, -0.1) is 0 Å². The molecule has 1 aliphatic rings. The second kappa shape index (κ2) is 7.08. The molecule has 1 unspecified atom stereocenters. The van der Waals surface area contributed by atoms with Crippen molar-refractivity contribution in [2.24, 2.45) is 5.92 Å². The Morgan fingerprint density at radius 2 is 2.10 bits per heavy atom. The lowest BCUT2D eigenvalue weighted by Gasteiger charge is -2.42. The number of ether oxygens (including phenoxy) is 1. The summed E-state index contributed by atoms with van der Waals surface area (Å²) in [7, 11) is 0. The van der Waals surface area contributed by atoms with Crippen LogP contribution in [0, 0.1) is 11.7 Å². The number of hydrogen-bond donors (Lipinski definition) is 1. The van der Waals surface area contributed by atoms with E-state index in [4.69, 9.17) is 16.3 Å². The van der Waals surface area contributed by atoms with Crippen LogP contribution in [0.2, 0.25) is 5.02 Å². The molecule has 1 aromatic rings. The van der Waals surface area contributed by atoms with Gasteiger partial charge in [0.25, 0.3) is 0 Å². The van der Waals surface area contributed by atoms with Crippen molar-refractivity contribution in [3.63, 3.8) is 0 Å². The van der Waals surface area contributed by atoms with Crippen LogP contribution in [-0.4, -0.2) is 23.4 Å².